The molecule has 1 aliphatic rings. The number of fused-ring (bicyclic) bond motifs is 1. The third kappa shape index (κ3) is 2.41. The fraction of sp³-hybridized carbons (Fsp3) is 0.400. The van der Waals surface area contributed by atoms with Crippen molar-refractivity contribution in [3.63, 3.8) is 0 Å². The monoisotopic (exact) mass is 292 g/mol. The summed E-state index contributed by atoms with van der Waals surface area (Å²) in [6, 6.07) is 5.52. The molecule has 1 saturated carbocycles. The number of carbonyl (C=O) groups is 1. The molecular weight excluding hydrogens is 276 g/mol. The number of nitrogens with one attached hydrogen (secondary N) is 1. The third-order valence-electron chi connectivity index (χ3n) is 3.85. The first kappa shape index (κ1) is 13.5. The summed E-state index contributed by atoms with van der Waals surface area (Å²) in [5.74, 6) is 0.642. The van der Waals surface area contributed by atoms with Gasteiger partial charge in [-0.1, -0.05) is 23.7 Å². The number of benzene rings is 1. The van der Waals surface area contributed by atoms with Crippen molar-refractivity contribution in [3.05, 3.63) is 34.5 Å². The largest absolute Gasteiger partial charge is 0.449 e. The van der Waals surface area contributed by atoms with E-state index in [-0.39, 0.29) is 11.9 Å². The molecule has 5 heteroatoms. The summed E-state index contributed by atoms with van der Waals surface area (Å²) in [6.07, 6.45) is 2.33. The molecule has 1 aromatic carbocycles. The number of aryl methyl sites for hydroxylation is 1. The minimum atomic E-state index is -0.231. The van der Waals surface area contributed by atoms with Gasteiger partial charge in [0.25, 0.3) is 5.91 Å². The molecule has 1 fully saturated rings. The lowest BCUT2D eigenvalue weighted by Crippen LogP contribution is -2.38. The summed E-state index contributed by atoms with van der Waals surface area (Å²) in [7, 11) is 0. The number of hydrogen-bond donors (Lipinski definition) is 2. The van der Waals surface area contributed by atoms with Gasteiger partial charge in [-0.25, -0.2) is 0 Å². The first-order chi connectivity index (χ1) is 9.58. The molecule has 1 amide bonds. The SMILES string of the molecule is Cc1c(C(=O)NCC(N)C2CC2)oc2c(Cl)cccc12. The molecule has 0 radical (unpaired) electrons. The van der Waals surface area contributed by atoms with Crippen molar-refractivity contribution in [3.8, 4) is 0 Å². The number of hydrogen-bond acceptors (Lipinski definition) is 3. The molecule has 0 bridgehead atoms. The van der Waals surface area contributed by atoms with E-state index in [1.165, 1.54) is 0 Å². The minimum absolute atomic E-state index is 0.0345. The van der Waals surface area contributed by atoms with Gasteiger partial charge in [0.15, 0.2) is 11.3 Å². The average Bonchev–Trinajstić information content (AvgIpc) is 3.22. The highest BCUT2D eigenvalue weighted by atomic mass is 35.5. The van der Waals surface area contributed by atoms with Crippen LogP contribution >= 0.6 is 11.6 Å². The highest BCUT2D eigenvalue weighted by Gasteiger charge is 2.29. The number of furan rings is 1. The van der Waals surface area contributed by atoms with Crippen molar-refractivity contribution < 1.29 is 9.21 Å². The number of amides is 1. The van der Waals surface area contributed by atoms with Crippen LogP contribution < -0.4 is 11.1 Å². The second-order valence-electron chi connectivity index (χ2n) is 5.38. The average molecular weight is 293 g/mol. The molecule has 2 aromatic rings. The Morgan fingerprint density at radius 2 is 2.30 bits per heavy atom. The van der Waals surface area contributed by atoms with E-state index in [1.807, 2.05) is 19.1 Å². The molecule has 0 saturated heterocycles. The van der Waals surface area contributed by atoms with E-state index in [1.54, 1.807) is 6.07 Å². The zero-order chi connectivity index (χ0) is 14.3. The van der Waals surface area contributed by atoms with E-state index in [4.69, 9.17) is 21.8 Å². The molecule has 0 spiro atoms. The summed E-state index contributed by atoms with van der Waals surface area (Å²) in [4.78, 5) is 12.2. The highest BCUT2D eigenvalue weighted by molar-refractivity contribution is 6.35. The van der Waals surface area contributed by atoms with Gasteiger partial charge in [-0.05, 0) is 31.7 Å². The van der Waals surface area contributed by atoms with Crippen LogP contribution in [0.15, 0.2) is 22.6 Å². The Morgan fingerprint density at radius 3 is 2.95 bits per heavy atom. The van der Waals surface area contributed by atoms with Gasteiger partial charge in [-0.2, -0.15) is 0 Å². The Morgan fingerprint density at radius 1 is 1.55 bits per heavy atom. The van der Waals surface area contributed by atoms with Gasteiger partial charge in [-0.3, -0.25) is 4.79 Å². The van der Waals surface area contributed by atoms with Crippen molar-refractivity contribution in [2.24, 2.45) is 11.7 Å². The number of para-hydroxylation sites is 1. The summed E-state index contributed by atoms with van der Waals surface area (Å²) >= 11 is 6.08. The fourth-order valence-corrected chi connectivity index (χ4v) is 2.62. The lowest BCUT2D eigenvalue weighted by atomic mass is 10.1. The van der Waals surface area contributed by atoms with Crippen LogP contribution in [-0.4, -0.2) is 18.5 Å². The van der Waals surface area contributed by atoms with Gasteiger partial charge in [-0.15, -0.1) is 0 Å². The number of nitrogens with two attached hydrogens (primary N) is 1. The van der Waals surface area contributed by atoms with Crippen molar-refractivity contribution in [1.82, 2.24) is 5.32 Å². The first-order valence-electron chi connectivity index (χ1n) is 6.79. The van der Waals surface area contributed by atoms with Crippen LogP contribution in [0, 0.1) is 12.8 Å². The highest BCUT2D eigenvalue weighted by Crippen LogP contribution is 2.32. The number of halogens is 1. The van der Waals surface area contributed by atoms with Gasteiger partial charge in [0, 0.05) is 23.5 Å². The van der Waals surface area contributed by atoms with E-state index in [0.717, 1.165) is 23.8 Å². The van der Waals surface area contributed by atoms with Crippen LogP contribution in [0.2, 0.25) is 5.02 Å². The standard InChI is InChI=1S/C15H17ClN2O2/c1-8-10-3-2-4-11(16)14(10)20-13(8)15(19)18-7-12(17)9-5-6-9/h2-4,9,12H,5-7,17H2,1H3,(H,18,19). The van der Waals surface area contributed by atoms with Gasteiger partial charge < -0.3 is 15.5 Å². The van der Waals surface area contributed by atoms with Crippen molar-refractivity contribution in [1.29, 1.82) is 0 Å². The predicted molar refractivity (Wildman–Crippen MR) is 79.0 cm³/mol. The molecule has 3 rings (SSSR count). The van der Waals surface area contributed by atoms with Gasteiger partial charge in [0.05, 0.1) is 5.02 Å². The Kier molecular flexibility index (Phi) is 3.44. The van der Waals surface area contributed by atoms with Crippen LogP contribution in [0.1, 0.15) is 29.0 Å². The maximum absolute atomic E-state index is 12.2. The van der Waals surface area contributed by atoms with E-state index in [0.29, 0.717) is 28.8 Å². The van der Waals surface area contributed by atoms with Gasteiger partial charge in [0.2, 0.25) is 0 Å². The summed E-state index contributed by atoms with van der Waals surface area (Å²) in [6.45, 7) is 2.34. The van der Waals surface area contributed by atoms with Crippen LogP contribution in [0.3, 0.4) is 0 Å². The summed E-state index contributed by atoms with van der Waals surface area (Å²) < 4.78 is 5.61. The van der Waals surface area contributed by atoms with Gasteiger partial charge in [0.1, 0.15) is 0 Å². The maximum atomic E-state index is 12.2. The van der Waals surface area contributed by atoms with E-state index in [9.17, 15) is 4.79 Å². The second kappa shape index (κ2) is 5.11. The van der Waals surface area contributed by atoms with E-state index < -0.39 is 0 Å². The zero-order valence-corrected chi connectivity index (χ0v) is 12.0. The van der Waals surface area contributed by atoms with Crippen molar-refractivity contribution in [2.75, 3.05) is 6.54 Å². The second-order valence-corrected chi connectivity index (χ2v) is 5.79. The minimum Gasteiger partial charge on any atom is -0.449 e. The zero-order valence-electron chi connectivity index (χ0n) is 11.3. The number of rotatable bonds is 4. The lowest BCUT2D eigenvalue weighted by molar-refractivity contribution is 0.0924. The predicted octanol–water partition coefficient (Wildman–Crippen LogP) is 2.86. The Hall–Kier alpha value is -1.52. The maximum Gasteiger partial charge on any atom is 0.287 e. The Labute approximate surface area is 122 Å². The van der Waals surface area contributed by atoms with Gasteiger partial charge >= 0.3 is 0 Å². The molecule has 1 unspecified atom stereocenters. The summed E-state index contributed by atoms with van der Waals surface area (Å²) in [5.41, 5.74) is 7.34. The molecule has 20 heavy (non-hydrogen) atoms. The van der Waals surface area contributed by atoms with Crippen LogP contribution in [0.25, 0.3) is 11.0 Å². The summed E-state index contributed by atoms with van der Waals surface area (Å²) in [5, 5.41) is 4.22. The van der Waals surface area contributed by atoms with Crippen LogP contribution in [-0.2, 0) is 0 Å². The van der Waals surface area contributed by atoms with E-state index >= 15 is 0 Å². The third-order valence-corrected chi connectivity index (χ3v) is 4.15. The Balaban J connectivity index is 1.80. The fourth-order valence-electron chi connectivity index (χ4n) is 2.41. The molecular formula is C15H17ClN2O2. The first-order valence-corrected chi connectivity index (χ1v) is 7.17. The molecule has 1 heterocycles. The van der Waals surface area contributed by atoms with Crippen molar-refractivity contribution >= 4 is 28.5 Å². The van der Waals surface area contributed by atoms with E-state index in [2.05, 4.69) is 5.32 Å². The normalized spacial score (nSPS) is 16.4. The number of carbonyl (C=O) groups excluding carboxylic acids is 1. The molecule has 4 nitrogen and oxygen atoms in total. The molecule has 106 valence electrons. The Bertz CT molecular complexity index is 661. The van der Waals surface area contributed by atoms with Crippen LogP contribution in [0.5, 0.6) is 0 Å². The molecule has 1 atom stereocenters. The topological polar surface area (TPSA) is 68.3 Å². The molecule has 0 aliphatic heterocycles. The van der Waals surface area contributed by atoms with Crippen LogP contribution in [0.4, 0.5) is 0 Å². The molecule has 1 aromatic heterocycles. The molecule has 1 aliphatic carbocycles. The quantitative estimate of drug-likeness (QED) is 0.910. The lowest BCUT2D eigenvalue weighted by Gasteiger charge is -2.10. The smallest absolute Gasteiger partial charge is 0.287 e. The van der Waals surface area contributed by atoms with Crippen molar-refractivity contribution in [2.45, 2.75) is 25.8 Å². The molecule has 3 N–H and O–H groups in total.